The molecule has 1 N–H and O–H groups in total. The third kappa shape index (κ3) is 5.42. The zero-order chi connectivity index (χ0) is 25.2. The third-order valence-corrected chi connectivity index (χ3v) is 6.64. The van der Waals surface area contributed by atoms with Crippen molar-refractivity contribution in [1.82, 2.24) is 14.8 Å². The zero-order valence-corrected chi connectivity index (χ0v) is 20.5. The van der Waals surface area contributed by atoms with Crippen LogP contribution in [0.4, 0.5) is 10.2 Å². The van der Waals surface area contributed by atoms with E-state index in [4.69, 9.17) is 9.47 Å². The van der Waals surface area contributed by atoms with E-state index in [1.165, 1.54) is 57.9 Å². The molecule has 2 aromatic carbocycles. The first-order valence-electron chi connectivity index (χ1n) is 10.3. The smallest absolute Gasteiger partial charge is 0.263 e. The normalized spacial score (nSPS) is 11.3. The van der Waals surface area contributed by atoms with Gasteiger partial charge in [-0.3, -0.25) is 9.40 Å². The molecule has 0 aliphatic heterocycles. The third-order valence-electron chi connectivity index (χ3n) is 4.70. The minimum absolute atomic E-state index is 0.0183. The van der Waals surface area contributed by atoms with Crippen LogP contribution in [0.1, 0.15) is 19.4 Å². The Bertz CT molecular complexity index is 1510. The average molecular weight is 514 g/mol. The summed E-state index contributed by atoms with van der Waals surface area (Å²) in [6.07, 6.45) is -0.0982. The summed E-state index contributed by atoms with van der Waals surface area (Å²) in [4.78, 5) is 3.78. The summed E-state index contributed by atoms with van der Waals surface area (Å²) >= 11 is 1.24. The Morgan fingerprint density at radius 2 is 1.94 bits per heavy atom. The predicted octanol–water partition coefficient (Wildman–Crippen LogP) is 4.93. The molecule has 4 rings (SSSR count). The number of anilines is 1. The number of aromatic nitrogens is 3. The van der Waals surface area contributed by atoms with Crippen LogP contribution in [-0.4, -0.2) is 29.3 Å². The van der Waals surface area contributed by atoms with Gasteiger partial charge in [0, 0.05) is 24.1 Å². The molecule has 2 aromatic heterocycles. The molecular formula is C23H20FN5O4S2. The molecular weight excluding hydrogens is 493 g/mol. The monoisotopic (exact) mass is 513 g/mol. The number of hydrogen-bond acceptors (Lipinski definition) is 8. The van der Waals surface area contributed by atoms with Gasteiger partial charge in [-0.2, -0.15) is 5.26 Å². The number of sulfonamides is 1. The Hall–Kier alpha value is -3.95. The fourth-order valence-corrected chi connectivity index (χ4v) is 4.80. The van der Waals surface area contributed by atoms with Gasteiger partial charge in [-0.1, -0.05) is 0 Å². The lowest BCUT2D eigenvalue weighted by molar-refractivity contribution is 0.230. The van der Waals surface area contributed by atoms with Crippen molar-refractivity contribution >= 4 is 27.2 Å². The van der Waals surface area contributed by atoms with Gasteiger partial charge in [0.15, 0.2) is 5.82 Å². The van der Waals surface area contributed by atoms with Crippen molar-refractivity contribution in [1.29, 1.82) is 5.26 Å². The van der Waals surface area contributed by atoms with Gasteiger partial charge in [-0.25, -0.2) is 17.8 Å². The Kier molecular flexibility index (Phi) is 6.72. The highest BCUT2D eigenvalue weighted by atomic mass is 32.2. The van der Waals surface area contributed by atoms with Crippen molar-refractivity contribution in [3.8, 4) is 34.7 Å². The van der Waals surface area contributed by atoms with E-state index in [1.807, 2.05) is 19.9 Å². The minimum atomic E-state index is -3.96. The minimum Gasteiger partial charge on any atom is -0.474 e. The van der Waals surface area contributed by atoms with Crippen molar-refractivity contribution in [3.63, 3.8) is 0 Å². The number of ether oxygens (including phenoxy) is 2. The standard InChI is InChI=1S/C23H20FN5O4S2/c1-14(2)32-23-10-19(29(3)27-23)18-9-16(24)4-6-21(18)33-20-7-5-17(8-15(20)11-25)35(30,31)28-22-12-34-13-26-22/h4-10,12-14,28H,1-3H3. The van der Waals surface area contributed by atoms with Crippen LogP contribution in [0.5, 0.6) is 17.4 Å². The van der Waals surface area contributed by atoms with Crippen molar-refractivity contribution in [2.45, 2.75) is 24.8 Å². The second kappa shape index (κ2) is 9.73. The van der Waals surface area contributed by atoms with Crippen molar-refractivity contribution < 1.29 is 22.3 Å². The van der Waals surface area contributed by atoms with Gasteiger partial charge in [0.05, 0.1) is 27.8 Å². The molecule has 9 nitrogen and oxygen atoms in total. The first-order chi connectivity index (χ1) is 16.7. The molecule has 180 valence electrons. The van der Waals surface area contributed by atoms with Crippen LogP contribution in [0.25, 0.3) is 11.3 Å². The summed E-state index contributed by atoms with van der Waals surface area (Å²) in [5.74, 6) is 0.413. The molecule has 0 saturated carbocycles. The molecule has 4 aromatic rings. The summed E-state index contributed by atoms with van der Waals surface area (Å²) in [6, 6.07) is 11.4. The number of hydrogen-bond donors (Lipinski definition) is 1. The molecule has 12 heteroatoms. The van der Waals surface area contributed by atoms with Gasteiger partial charge in [0.25, 0.3) is 10.0 Å². The summed E-state index contributed by atoms with van der Waals surface area (Å²) < 4.78 is 55.0. The van der Waals surface area contributed by atoms with Gasteiger partial charge in [0.1, 0.15) is 23.4 Å². The number of benzene rings is 2. The van der Waals surface area contributed by atoms with Crippen LogP contribution < -0.4 is 14.2 Å². The number of aryl methyl sites for hydroxylation is 1. The van der Waals surface area contributed by atoms with Gasteiger partial charge >= 0.3 is 0 Å². The Morgan fingerprint density at radius 1 is 1.17 bits per heavy atom. The van der Waals surface area contributed by atoms with Gasteiger partial charge in [0.2, 0.25) is 5.88 Å². The van der Waals surface area contributed by atoms with E-state index in [9.17, 15) is 18.1 Å². The summed E-state index contributed by atoms with van der Waals surface area (Å²) in [5.41, 5.74) is 2.38. The van der Waals surface area contributed by atoms with Gasteiger partial charge in [-0.05, 0) is 50.2 Å². The molecule has 2 heterocycles. The van der Waals surface area contributed by atoms with Crippen LogP contribution in [0, 0.1) is 17.1 Å². The molecule has 0 spiro atoms. The highest BCUT2D eigenvalue weighted by Crippen LogP contribution is 2.37. The van der Waals surface area contributed by atoms with Crippen molar-refractivity contribution in [2.75, 3.05) is 4.72 Å². The van der Waals surface area contributed by atoms with Gasteiger partial charge in [-0.15, -0.1) is 16.4 Å². The Morgan fingerprint density at radius 3 is 2.63 bits per heavy atom. The second-order valence-corrected chi connectivity index (χ2v) is 10.1. The number of thiazole rings is 1. The second-order valence-electron chi connectivity index (χ2n) is 7.65. The highest BCUT2D eigenvalue weighted by Gasteiger charge is 2.20. The number of nitrogens with zero attached hydrogens (tertiary/aromatic N) is 4. The van der Waals surface area contributed by atoms with E-state index in [0.29, 0.717) is 17.1 Å². The van der Waals surface area contributed by atoms with E-state index in [2.05, 4.69) is 14.8 Å². The topological polar surface area (TPSA) is 119 Å². The average Bonchev–Trinajstić information content (AvgIpc) is 3.43. The van der Waals surface area contributed by atoms with E-state index in [0.717, 1.165) is 0 Å². The van der Waals surface area contributed by atoms with Crippen LogP contribution in [0.15, 0.2) is 58.3 Å². The first-order valence-corrected chi connectivity index (χ1v) is 12.7. The molecule has 0 aliphatic carbocycles. The molecule has 0 radical (unpaired) electrons. The van der Waals surface area contributed by atoms with E-state index in [-0.39, 0.29) is 33.9 Å². The SMILES string of the molecule is CC(C)Oc1cc(-c2cc(F)ccc2Oc2ccc(S(=O)(=O)Nc3cscn3)cc2C#N)n(C)n1. The van der Waals surface area contributed by atoms with Crippen LogP contribution in [-0.2, 0) is 17.1 Å². The molecule has 0 aliphatic rings. The summed E-state index contributed by atoms with van der Waals surface area (Å²) in [6.45, 7) is 3.73. The fourth-order valence-electron chi connectivity index (χ4n) is 3.21. The van der Waals surface area contributed by atoms with Gasteiger partial charge < -0.3 is 9.47 Å². The van der Waals surface area contributed by atoms with Crippen LogP contribution in [0.3, 0.4) is 0 Å². The number of rotatable bonds is 8. The molecule has 0 amide bonds. The molecule has 0 atom stereocenters. The van der Waals surface area contributed by atoms with Crippen LogP contribution in [0.2, 0.25) is 0 Å². The Balaban J connectivity index is 1.69. The Labute approximate surface area is 205 Å². The zero-order valence-electron chi connectivity index (χ0n) is 18.9. The van der Waals surface area contributed by atoms with E-state index < -0.39 is 15.8 Å². The first kappa shape index (κ1) is 24.2. The summed E-state index contributed by atoms with van der Waals surface area (Å²) in [7, 11) is -2.28. The highest BCUT2D eigenvalue weighted by molar-refractivity contribution is 7.92. The fraction of sp³-hybridized carbons (Fsp3) is 0.174. The van der Waals surface area contributed by atoms with Crippen molar-refractivity contribution in [3.05, 3.63) is 64.7 Å². The maximum atomic E-state index is 14.2. The lowest BCUT2D eigenvalue weighted by Crippen LogP contribution is -2.13. The molecule has 0 unspecified atom stereocenters. The quantitative estimate of drug-likeness (QED) is 0.355. The number of nitriles is 1. The van der Waals surface area contributed by atoms with Crippen molar-refractivity contribution in [2.24, 2.45) is 7.05 Å². The van der Waals surface area contributed by atoms with E-state index >= 15 is 0 Å². The molecule has 0 fully saturated rings. The maximum absolute atomic E-state index is 14.2. The van der Waals surface area contributed by atoms with E-state index in [1.54, 1.807) is 18.5 Å². The predicted molar refractivity (Wildman–Crippen MR) is 129 cm³/mol. The molecule has 0 bridgehead atoms. The van der Waals surface area contributed by atoms with Crippen LogP contribution >= 0.6 is 11.3 Å². The molecule has 35 heavy (non-hydrogen) atoms. The molecule has 0 saturated heterocycles. The lowest BCUT2D eigenvalue weighted by atomic mass is 10.1. The largest absolute Gasteiger partial charge is 0.474 e. The summed E-state index contributed by atoms with van der Waals surface area (Å²) in [5, 5.41) is 15.5. The number of nitrogens with one attached hydrogen (secondary N) is 1. The maximum Gasteiger partial charge on any atom is 0.263 e. The lowest BCUT2D eigenvalue weighted by Gasteiger charge is -2.13. The number of halogens is 1.